The van der Waals surface area contributed by atoms with Gasteiger partial charge in [0.2, 0.25) is 6.41 Å². The highest BCUT2D eigenvalue weighted by molar-refractivity contribution is 5.53. The van der Waals surface area contributed by atoms with Crippen LogP contribution in [0.5, 0.6) is 11.5 Å². The Morgan fingerprint density at radius 2 is 1.87 bits per heavy atom. The van der Waals surface area contributed by atoms with Crippen LogP contribution in [0, 0.1) is 5.92 Å². The van der Waals surface area contributed by atoms with Gasteiger partial charge >= 0.3 is 0 Å². The Balaban J connectivity index is 1.48. The number of nitrogens with one attached hydrogen (secondary N) is 1. The second kappa shape index (κ2) is 10.2. The molecule has 2 atom stereocenters. The van der Waals surface area contributed by atoms with E-state index in [9.17, 15) is 4.79 Å². The molecule has 2 aromatic rings. The van der Waals surface area contributed by atoms with Crippen molar-refractivity contribution in [2.24, 2.45) is 5.92 Å². The number of likely N-dealkylation sites (tertiary alicyclic amines) is 1. The lowest BCUT2D eigenvalue weighted by atomic mass is 9.83. The molecule has 1 saturated heterocycles. The Morgan fingerprint density at radius 3 is 2.55 bits per heavy atom. The molecule has 0 radical (unpaired) electrons. The van der Waals surface area contributed by atoms with Crippen LogP contribution >= 0.6 is 0 Å². The Labute approximate surface area is 184 Å². The van der Waals surface area contributed by atoms with Gasteiger partial charge in [0.1, 0.15) is 6.10 Å². The van der Waals surface area contributed by atoms with Gasteiger partial charge < -0.3 is 19.5 Å². The molecule has 2 aliphatic rings. The van der Waals surface area contributed by atoms with E-state index < -0.39 is 0 Å². The molecule has 2 aliphatic heterocycles. The number of ether oxygens (including phenoxy) is 3. The summed E-state index contributed by atoms with van der Waals surface area (Å²) < 4.78 is 17.8. The predicted octanol–water partition coefficient (Wildman–Crippen LogP) is 3.34. The molecule has 1 N–H and O–H groups in total. The van der Waals surface area contributed by atoms with Gasteiger partial charge in [0.25, 0.3) is 0 Å². The minimum atomic E-state index is -0.180. The summed E-state index contributed by atoms with van der Waals surface area (Å²) in [5, 5.41) is 2.80. The largest absolute Gasteiger partial charge is 0.493 e. The van der Waals surface area contributed by atoms with Crippen LogP contribution in [0.4, 0.5) is 0 Å². The number of fused-ring (bicyclic) bond motifs is 1. The van der Waals surface area contributed by atoms with Gasteiger partial charge in [-0.25, -0.2) is 0 Å². The Kier molecular flexibility index (Phi) is 7.10. The SMILES string of the molecule is COc1ccc2c(c1OC)C[C@@H](C1CCN(Cc3ccccc3)CC1)O[C@H]2CNC=O. The molecule has 0 bridgehead atoms. The minimum Gasteiger partial charge on any atom is -0.493 e. The first-order valence-corrected chi connectivity index (χ1v) is 11.1. The van der Waals surface area contributed by atoms with E-state index in [1.807, 2.05) is 12.1 Å². The topological polar surface area (TPSA) is 60.0 Å². The van der Waals surface area contributed by atoms with E-state index in [1.54, 1.807) is 14.2 Å². The Bertz CT molecular complexity index is 865. The highest BCUT2D eigenvalue weighted by Crippen LogP contribution is 2.43. The maximum Gasteiger partial charge on any atom is 0.207 e. The summed E-state index contributed by atoms with van der Waals surface area (Å²) in [7, 11) is 3.35. The van der Waals surface area contributed by atoms with Crippen LogP contribution in [0.1, 0.15) is 35.6 Å². The van der Waals surface area contributed by atoms with Gasteiger partial charge in [-0.05, 0) is 49.0 Å². The fraction of sp³-hybridized carbons (Fsp3) is 0.480. The maximum atomic E-state index is 10.9. The summed E-state index contributed by atoms with van der Waals surface area (Å²) >= 11 is 0. The lowest BCUT2D eigenvalue weighted by Crippen LogP contribution is -2.42. The van der Waals surface area contributed by atoms with Crippen molar-refractivity contribution in [1.29, 1.82) is 0 Å². The van der Waals surface area contributed by atoms with Gasteiger partial charge in [-0.15, -0.1) is 0 Å². The molecule has 0 aromatic heterocycles. The second-order valence-corrected chi connectivity index (χ2v) is 8.36. The van der Waals surface area contributed by atoms with E-state index in [0.717, 1.165) is 67.9 Å². The smallest absolute Gasteiger partial charge is 0.207 e. The van der Waals surface area contributed by atoms with E-state index >= 15 is 0 Å². The molecule has 166 valence electrons. The molecule has 1 fully saturated rings. The van der Waals surface area contributed by atoms with Crippen LogP contribution in [-0.2, 0) is 22.5 Å². The summed E-state index contributed by atoms with van der Waals surface area (Å²) in [5.41, 5.74) is 3.58. The van der Waals surface area contributed by atoms with Gasteiger partial charge in [0.15, 0.2) is 11.5 Å². The molecule has 0 saturated carbocycles. The number of benzene rings is 2. The number of nitrogens with zero attached hydrogens (tertiary/aromatic N) is 1. The second-order valence-electron chi connectivity index (χ2n) is 8.36. The monoisotopic (exact) mass is 424 g/mol. The van der Waals surface area contributed by atoms with E-state index in [2.05, 4.69) is 40.5 Å². The van der Waals surface area contributed by atoms with Gasteiger partial charge in [-0.3, -0.25) is 9.69 Å². The lowest BCUT2D eigenvalue weighted by Gasteiger charge is -2.41. The molecule has 0 spiro atoms. The molecule has 1 amide bonds. The molecule has 4 rings (SSSR count). The number of piperidine rings is 1. The van der Waals surface area contributed by atoms with Crippen LogP contribution in [0.15, 0.2) is 42.5 Å². The number of rotatable bonds is 8. The van der Waals surface area contributed by atoms with Crippen LogP contribution in [-0.4, -0.2) is 51.3 Å². The van der Waals surface area contributed by atoms with Crippen molar-refractivity contribution in [3.63, 3.8) is 0 Å². The third kappa shape index (κ3) is 4.86. The summed E-state index contributed by atoms with van der Waals surface area (Å²) in [4.78, 5) is 13.5. The van der Waals surface area contributed by atoms with Crippen molar-refractivity contribution in [3.8, 4) is 11.5 Å². The highest BCUT2D eigenvalue weighted by atomic mass is 16.5. The van der Waals surface area contributed by atoms with Crippen molar-refractivity contribution >= 4 is 6.41 Å². The normalized spacial score (nSPS) is 21.9. The van der Waals surface area contributed by atoms with E-state index in [4.69, 9.17) is 14.2 Å². The Morgan fingerprint density at radius 1 is 1.10 bits per heavy atom. The third-order valence-corrected chi connectivity index (χ3v) is 6.57. The predicted molar refractivity (Wildman–Crippen MR) is 119 cm³/mol. The van der Waals surface area contributed by atoms with Gasteiger partial charge in [-0.2, -0.15) is 0 Å². The first-order valence-electron chi connectivity index (χ1n) is 11.1. The summed E-state index contributed by atoms with van der Waals surface area (Å²) in [5.74, 6) is 2.00. The highest BCUT2D eigenvalue weighted by Gasteiger charge is 2.36. The first kappa shape index (κ1) is 21.7. The fourth-order valence-corrected chi connectivity index (χ4v) is 4.97. The van der Waals surface area contributed by atoms with Crippen molar-refractivity contribution in [1.82, 2.24) is 10.2 Å². The van der Waals surface area contributed by atoms with E-state index in [0.29, 0.717) is 12.5 Å². The average molecular weight is 425 g/mol. The summed E-state index contributed by atoms with van der Waals surface area (Å²) in [6.07, 6.45) is 3.67. The average Bonchev–Trinajstić information content (AvgIpc) is 2.82. The number of carbonyl (C=O) groups excluding carboxylic acids is 1. The van der Waals surface area contributed by atoms with Crippen molar-refractivity contribution in [2.75, 3.05) is 33.9 Å². The molecular formula is C25H32N2O4. The van der Waals surface area contributed by atoms with E-state index in [-0.39, 0.29) is 12.2 Å². The molecule has 6 heteroatoms. The van der Waals surface area contributed by atoms with Crippen LogP contribution in [0.2, 0.25) is 0 Å². The van der Waals surface area contributed by atoms with Crippen LogP contribution < -0.4 is 14.8 Å². The number of hydrogen-bond donors (Lipinski definition) is 1. The standard InChI is InChI=1S/C25H32N2O4/c1-29-22-9-8-20-21(25(22)30-2)14-23(31-24(20)15-26-17-28)19-10-12-27(13-11-19)16-18-6-4-3-5-7-18/h3-9,17,19,23-24H,10-16H2,1-2H3,(H,26,28)/t23-,24-/m0/s1. The van der Waals surface area contributed by atoms with Gasteiger partial charge in [0, 0.05) is 25.1 Å². The fourth-order valence-electron chi connectivity index (χ4n) is 4.97. The van der Waals surface area contributed by atoms with Crippen molar-refractivity contribution < 1.29 is 19.0 Å². The number of methoxy groups -OCH3 is 2. The number of amides is 1. The maximum absolute atomic E-state index is 10.9. The lowest BCUT2D eigenvalue weighted by molar-refractivity contribution is -0.111. The summed E-state index contributed by atoms with van der Waals surface area (Å²) in [6.45, 7) is 3.59. The Hall–Kier alpha value is -2.57. The quantitative estimate of drug-likeness (QED) is 0.659. The third-order valence-electron chi connectivity index (χ3n) is 6.57. The molecule has 2 heterocycles. The minimum absolute atomic E-state index is 0.103. The number of carbonyl (C=O) groups is 1. The first-order chi connectivity index (χ1) is 15.2. The number of hydrogen-bond acceptors (Lipinski definition) is 5. The van der Waals surface area contributed by atoms with Crippen molar-refractivity contribution in [3.05, 3.63) is 59.2 Å². The van der Waals surface area contributed by atoms with Crippen LogP contribution in [0.3, 0.4) is 0 Å². The zero-order valence-electron chi connectivity index (χ0n) is 18.4. The molecular weight excluding hydrogens is 392 g/mol. The van der Waals surface area contributed by atoms with Gasteiger partial charge in [0.05, 0.1) is 20.3 Å². The van der Waals surface area contributed by atoms with Crippen LogP contribution in [0.25, 0.3) is 0 Å². The zero-order chi connectivity index (χ0) is 21.6. The van der Waals surface area contributed by atoms with Crippen molar-refractivity contribution in [2.45, 2.75) is 38.0 Å². The molecule has 31 heavy (non-hydrogen) atoms. The molecule has 2 aromatic carbocycles. The molecule has 0 unspecified atom stereocenters. The summed E-state index contributed by atoms with van der Waals surface area (Å²) in [6, 6.07) is 14.6. The zero-order valence-corrected chi connectivity index (χ0v) is 18.4. The van der Waals surface area contributed by atoms with E-state index in [1.165, 1.54) is 5.56 Å². The molecule has 6 nitrogen and oxygen atoms in total. The van der Waals surface area contributed by atoms with Gasteiger partial charge in [-0.1, -0.05) is 36.4 Å². The molecule has 0 aliphatic carbocycles.